The van der Waals surface area contributed by atoms with Gasteiger partial charge in [0.25, 0.3) is 0 Å². The minimum atomic E-state index is -0.254. The van der Waals surface area contributed by atoms with Crippen molar-refractivity contribution in [2.75, 3.05) is 6.54 Å². The van der Waals surface area contributed by atoms with E-state index in [1.807, 2.05) is 18.2 Å². The first-order valence-corrected chi connectivity index (χ1v) is 8.62. The molecular weight excluding hydrogens is 420 g/mol. The summed E-state index contributed by atoms with van der Waals surface area (Å²) in [5.74, 6) is -0.237. The standard InChI is InChI=1S/C16H15Br2ClFN/c1-2-7-21-16(12-9-11(19)4-5-14(12)18)13-8-10(17)3-6-15(13)20/h3-6,8-9,16,21H,2,7H2,1H3. The lowest BCUT2D eigenvalue weighted by Gasteiger charge is -2.22. The van der Waals surface area contributed by atoms with Gasteiger partial charge in [0.2, 0.25) is 0 Å². The van der Waals surface area contributed by atoms with Gasteiger partial charge in [-0.05, 0) is 54.9 Å². The molecule has 0 radical (unpaired) electrons. The topological polar surface area (TPSA) is 12.0 Å². The second kappa shape index (κ2) is 7.73. The Labute approximate surface area is 146 Å². The van der Waals surface area contributed by atoms with Crippen molar-refractivity contribution in [3.63, 3.8) is 0 Å². The molecule has 0 aromatic heterocycles. The highest BCUT2D eigenvalue weighted by molar-refractivity contribution is 9.10. The van der Waals surface area contributed by atoms with E-state index in [9.17, 15) is 4.39 Å². The Morgan fingerprint density at radius 1 is 1.14 bits per heavy atom. The van der Waals surface area contributed by atoms with E-state index in [2.05, 4.69) is 44.1 Å². The molecule has 0 bridgehead atoms. The van der Waals surface area contributed by atoms with Gasteiger partial charge < -0.3 is 5.32 Å². The second-order valence-corrected chi connectivity index (χ2v) is 6.93. The Hall–Kier alpha value is -0.420. The number of nitrogens with one attached hydrogen (secondary N) is 1. The average molecular weight is 436 g/mol. The molecule has 2 rings (SSSR count). The number of rotatable bonds is 5. The van der Waals surface area contributed by atoms with Crippen LogP contribution >= 0.6 is 43.5 Å². The fourth-order valence-electron chi connectivity index (χ4n) is 2.15. The zero-order chi connectivity index (χ0) is 15.4. The molecule has 0 spiro atoms. The number of benzene rings is 2. The van der Waals surface area contributed by atoms with Crippen molar-refractivity contribution >= 4 is 43.5 Å². The molecule has 1 N–H and O–H groups in total. The van der Waals surface area contributed by atoms with Crippen LogP contribution in [-0.2, 0) is 0 Å². The van der Waals surface area contributed by atoms with Crippen LogP contribution in [0.15, 0.2) is 45.3 Å². The first-order valence-electron chi connectivity index (χ1n) is 6.66. The first kappa shape index (κ1) is 16.9. The Kier molecular flexibility index (Phi) is 6.23. The van der Waals surface area contributed by atoms with Crippen molar-refractivity contribution in [2.45, 2.75) is 19.4 Å². The first-order chi connectivity index (χ1) is 10.0. The molecule has 5 heteroatoms. The van der Waals surface area contributed by atoms with Crippen molar-refractivity contribution in [3.8, 4) is 0 Å². The third-order valence-corrected chi connectivity index (χ3v) is 4.59. The van der Waals surface area contributed by atoms with E-state index in [0.29, 0.717) is 10.6 Å². The monoisotopic (exact) mass is 433 g/mol. The van der Waals surface area contributed by atoms with E-state index in [4.69, 9.17) is 11.6 Å². The van der Waals surface area contributed by atoms with Gasteiger partial charge in [-0.3, -0.25) is 0 Å². The lowest BCUT2D eigenvalue weighted by molar-refractivity contribution is 0.545. The molecule has 0 saturated heterocycles. The minimum absolute atomic E-state index is 0.237. The maximum atomic E-state index is 14.3. The third-order valence-electron chi connectivity index (χ3n) is 3.14. The molecule has 0 aliphatic heterocycles. The molecule has 0 saturated carbocycles. The van der Waals surface area contributed by atoms with Crippen molar-refractivity contribution in [3.05, 3.63) is 67.3 Å². The van der Waals surface area contributed by atoms with Crippen LogP contribution in [0.2, 0.25) is 5.02 Å². The van der Waals surface area contributed by atoms with Gasteiger partial charge in [-0.15, -0.1) is 0 Å². The van der Waals surface area contributed by atoms with Crippen LogP contribution in [-0.4, -0.2) is 6.54 Å². The Morgan fingerprint density at radius 2 is 1.90 bits per heavy atom. The van der Waals surface area contributed by atoms with E-state index in [0.717, 1.165) is 27.5 Å². The van der Waals surface area contributed by atoms with Gasteiger partial charge in [0.15, 0.2) is 0 Å². The molecule has 0 aliphatic rings. The maximum absolute atomic E-state index is 14.3. The van der Waals surface area contributed by atoms with Crippen LogP contribution in [0, 0.1) is 5.82 Å². The van der Waals surface area contributed by atoms with E-state index < -0.39 is 0 Å². The van der Waals surface area contributed by atoms with Crippen LogP contribution in [0.5, 0.6) is 0 Å². The fraction of sp³-hybridized carbons (Fsp3) is 0.250. The van der Waals surface area contributed by atoms with Crippen LogP contribution in [0.1, 0.15) is 30.5 Å². The number of hydrogen-bond donors (Lipinski definition) is 1. The van der Waals surface area contributed by atoms with Gasteiger partial charge in [0.05, 0.1) is 6.04 Å². The zero-order valence-corrected chi connectivity index (χ0v) is 15.4. The summed E-state index contributed by atoms with van der Waals surface area (Å²) in [7, 11) is 0. The molecule has 21 heavy (non-hydrogen) atoms. The Morgan fingerprint density at radius 3 is 2.62 bits per heavy atom. The van der Waals surface area contributed by atoms with Crippen molar-refractivity contribution in [2.24, 2.45) is 0 Å². The third kappa shape index (κ3) is 4.28. The van der Waals surface area contributed by atoms with Gasteiger partial charge in [-0.2, -0.15) is 0 Å². The minimum Gasteiger partial charge on any atom is -0.306 e. The summed E-state index contributed by atoms with van der Waals surface area (Å²) in [4.78, 5) is 0. The number of halogens is 4. The van der Waals surface area contributed by atoms with Crippen LogP contribution in [0.25, 0.3) is 0 Å². The summed E-state index contributed by atoms with van der Waals surface area (Å²) in [6, 6.07) is 10.3. The molecule has 0 amide bonds. The van der Waals surface area contributed by atoms with Gasteiger partial charge >= 0.3 is 0 Å². The van der Waals surface area contributed by atoms with E-state index in [1.165, 1.54) is 6.07 Å². The Balaban J connectivity index is 2.52. The van der Waals surface area contributed by atoms with Gasteiger partial charge in [0.1, 0.15) is 5.82 Å². The highest BCUT2D eigenvalue weighted by Gasteiger charge is 2.20. The predicted octanol–water partition coefficient (Wildman–Crippen LogP) is 6.09. The molecule has 2 aromatic rings. The van der Waals surface area contributed by atoms with Gasteiger partial charge in [0, 0.05) is 19.5 Å². The molecule has 0 fully saturated rings. The summed E-state index contributed by atoms with van der Waals surface area (Å²) in [5, 5.41) is 4.02. The Bertz CT molecular complexity index is 582. The largest absolute Gasteiger partial charge is 0.306 e. The highest BCUT2D eigenvalue weighted by Crippen LogP contribution is 2.33. The van der Waals surface area contributed by atoms with Crippen LogP contribution < -0.4 is 5.32 Å². The summed E-state index contributed by atoms with van der Waals surface area (Å²) in [6.07, 6.45) is 0.963. The van der Waals surface area contributed by atoms with E-state index in [-0.39, 0.29) is 11.9 Å². The summed E-state index contributed by atoms with van der Waals surface area (Å²) in [6.45, 7) is 2.86. The maximum Gasteiger partial charge on any atom is 0.128 e. The SMILES string of the molecule is CCCNC(c1cc(Br)ccc1F)c1cc(Cl)ccc1Br. The lowest BCUT2D eigenvalue weighted by atomic mass is 9.98. The van der Waals surface area contributed by atoms with Gasteiger partial charge in [-0.1, -0.05) is 50.4 Å². The van der Waals surface area contributed by atoms with Crippen molar-refractivity contribution < 1.29 is 4.39 Å². The van der Waals surface area contributed by atoms with Gasteiger partial charge in [-0.25, -0.2) is 4.39 Å². The highest BCUT2D eigenvalue weighted by atomic mass is 79.9. The van der Waals surface area contributed by atoms with Crippen LogP contribution in [0.3, 0.4) is 0 Å². The van der Waals surface area contributed by atoms with Crippen LogP contribution in [0.4, 0.5) is 4.39 Å². The zero-order valence-electron chi connectivity index (χ0n) is 11.5. The summed E-state index contributed by atoms with van der Waals surface area (Å²) in [5.41, 5.74) is 1.52. The molecule has 1 unspecified atom stereocenters. The molecular formula is C16H15Br2ClFN. The second-order valence-electron chi connectivity index (χ2n) is 4.72. The summed E-state index contributed by atoms with van der Waals surface area (Å²) >= 11 is 13.0. The molecule has 112 valence electrons. The van der Waals surface area contributed by atoms with E-state index >= 15 is 0 Å². The summed E-state index contributed by atoms with van der Waals surface area (Å²) < 4.78 is 16.0. The van der Waals surface area contributed by atoms with Crippen molar-refractivity contribution in [1.29, 1.82) is 0 Å². The predicted molar refractivity (Wildman–Crippen MR) is 93.4 cm³/mol. The molecule has 0 heterocycles. The lowest BCUT2D eigenvalue weighted by Crippen LogP contribution is -2.24. The van der Waals surface area contributed by atoms with E-state index in [1.54, 1.807) is 12.1 Å². The number of hydrogen-bond acceptors (Lipinski definition) is 1. The molecule has 2 aromatic carbocycles. The molecule has 1 atom stereocenters. The molecule has 0 aliphatic carbocycles. The smallest absolute Gasteiger partial charge is 0.128 e. The quantitative estimate of drug-likeness (QED) is 0.599. The van der Waals surface area contributed by atoms with Crippen molar-refractivity contribution in [1.82, 2.24) is 5.32 Å². The fourth-order valence-corrected chi connectivity index (χ4v) is 3.18. The normalized spacial score (nSPS) is 12.4. The average Bonchev–Trinajstić information content (AvgIpc) is 2.46. The molecule has 1 nitrogen and oxygen atoms in total.